The minimum Gasteiger partial charge on any atom is -0.504 e. The first kappa shape index (κ1) is 29.0. The van der Waals surface area contributed by atoms with E-state index in [-0.39, 0.29) is 39.1 Å². The number of carboxylic acids is 1. The van der Waals surface area contributed by atoms with Gasteiger partial charge in [-0.2, -0.15) is 0 Å². The summed E-state index contributed by atoms with van der Waals surface area (Å²) >= 11 is 3.68. The van der Waals surface area contributed by atoms with E-state index in [1.54, 1.807) is 0 Å². The number of hydrogen-bond donors (Lipinski definition) is 4. The highest BCUT2D eigenvalue weighted by molar-refractivity contribution is 9.10. The number of halogens is 1. The molecule has 0 amide bonds. The molecule has 0 saturated heterocycles. The van der Waals surface area contributed by atoms with Crippen LogP contribution in [0.1, 0.15) is 108 Å². The molecular weight excluding hydrogens is 602 g/mol. The molecule has 228 valence electrons. The molecule has 1 aromatic heterocycles. The number of aromatic nitrogens is 1. The number of benzene rings is 2. The van der Waals surface area contributed by atoms with E-state index < -0.39 is 11.4 Å². The van der Waals surface area contributed by atoms with Crippen LogP contribution in [0, 0.1) is 34.5 Å². The smallest absolute Gasteiger partial charge is 0.309 e. The Morgan fingerprint density at radius 1 is 0.977 bits per heavy atom. The van der Waals surface area contributed by atoms with Crippen molar-refractivity contribution < 1.29 is 20.1 Å². The number of hydrogen-bond acceptors (Lipinski definition) is 3. The summed E-state index contributed by atoms with van der Waals surface area (Å²) in [6, 6.07) is 8.14. The Bertz CT molecular complexity index is 1740. The van der Waals surface area contributed by atoms with Gasteiger partial charge in [-0.25, -0.2) is 0 Å². The van der Waals surface area contributed by atoms with E-state index in [4.69, 9.17) is 0 Å². The van der Waals surface area contributed by atoms with Crippen LogP contribution < -0.4 is 0 Å². The molecule has 6 heteroatoms. The number of allylic oxidation sites excluding steroid dienone is 2. The Hall–Kier alpha value is -2.73. The van der Waals surface area contributed by atoms with Crippen molar-refractivity contribution in [2.75, 3.05) is 0 Å². The number of carboxylic acid groups (broad SMARTS) is 1. The molecule has 0 spiro atoms. The number of carbonyl (C=O) groups is 1. The molecule has 3 aromatic rings. The van der Waals surface area contributed by atoms with Gasteiger partial charge in [-0.1, -0.05) is 55.3 Å². The number of phenols is 2. The molecule has 0 unspecified atom stereocenters. The van der Waals surface area contributed by atoms with Crippen LogP contribution in [0.4, 0.5) is 0 Å². The van der Waals surface area contributed by atoms with E-state index >= 15 is 0 Å². The third-order valence-corrected chi connectivity index (χ3v) is 14.1. The average Bonchev–Trinajstić information content (AvgIpc) is 3.37. The van der Waals surface area contributed by atoms with Gasteiger partial charge in [0, 0.05) is 32.9 Å². The summed E-state index contributed by atoms with van der Waals surface area (Å²) in [5.41, 5.74) is 5.50. The maximum absolute atomic E-state index is 12.6. The molecule has 3 saturated carbocycles. The van der Waals surface area contributed by atoms with E-state index in [9.17, 15) is 20.1 Å². The lowest BCUT2D eigenvalue weighted by Crippen LogP contribution is -2.62. The molecule has 3 fully saturated rings. The van der Waals surface area contributed by atoms with Crippen molar-refractivity contribution in [1.82, 2.24) is 4.98 Å². The first-order chi connectivity index (χ1) is 20.1. The van der Waals surface area contributed by atoms with Gasteiger partial charge in [0.05, 0.1) is 5.41 Å². The lowest BCUT2D eigenvalue weighted by atomic mass is 9.34. The van der Waals surface area contributed by atoms with E-state index in [2.05, 4.69) is 73.0 Å². The summed E-state index contributed by atoms with van der Waals surface area (Å²) < 4.78 is 1.02. The second-order valence-electron chi connectivity index (χ2n) is 15.7. The third kappa shape index (κ3) is 3.65. The third-order valence-electron chi connectivity index (χ3n) is 13.6. The molecular formula is C37H44BrNO4. The SMILES string of the molecule is Cc1c(O)c(O)cc2c1[C@H](c1c[nH]c3ccc(Br)cc13)C=C1[C@@]2(C)CC[C@@]2(C)[C@@H]3C[C@](C)(C(=O)O)CC[C@]3(C)CC[C@]12C. The fourth-order valence-corrected chi connectivity index (χ4v) is 10.9. The van der Waals surface area contributed by atoms with Crippen LogP contribution in [0.2, 0.25) is 0 Å². The van der Waals surface area contributed by atoms with Gasteiger partial charge in [-0.3, -0.25) is 4.79 Å². The Morgan fingerprint density at radius 3 is 2.42 bits per heavy atom. The number of aromatic amines is 1. The standard InChI is InChI=1S/C37H44BrNO4/c1-20-30-23(24-19-39-26-8-7-21(38)15-22(24)26)16-28-35(4,25(30)17-27(40)31(20)41)12-14-37(6)29-18-34(3,32(42)43)10-9-33(29,2)11-13-36(28,37)5/h7-8,15-17,19,23,29,39-41H,9-14,18H2,1-6H3,(H,42,43)/t23-,29+,33+,34+,35-,36+,37-/m0/s1. The van der Waals surface area contributed by atoms with E-state index in [0.717, 1.165) is 82.6 Å². The summed E-state index contributed by atoms with van der Waals surface area (Å²) in [6.07, 6.45) is 11.1. The van der Waals surface area contributed by atoms with Crippen molar-refractivity contribution in [3.63, 3.8) is 0 Å². The zero-order valence-electron chi connectivity index (χ0n) is 26.2. The van der Waals surface area contributed by atoms with E-state index in [1.807, 2.05) is 26.0 Å². The van der Waals surface area contributed by atoms with Crippen LogP contribution >= 0.6 is 15.9 Å². The molecule has 0 aliphatic heterocycles. The van der Waals surface area contributed by atoms with E-state index in [1.165, 1.54) is 5.57 Å². The van der Waals surface area contributed by atoms with Crippen molar-refractivity contribution in [1.29, 1.82) is 0 Å². The first-order valence-electron chi connectivity index (χ1n) is 15.9. The molecule has 0 bridgehead atoms. The van der Waals surface area contributed by atoms with Crippen LogP contribution in [-0.4, -0.2) is 26.3 Å². The fourth-order valence-electron chi connectivity index (χ4n) is 10.6. The number of phenolic OH excluding ortho intramolecular Hbond substituents is 2. The van der Waals surface area contributed by atoms with E-state index in [0.29, 0.717) is 5.92 Å². The summed E-state index contributed by atoms with van der Waals surface area (Å²) in [6.45, 7) is 13.6. The molecule has 0 radical (unpaired) electrons. The fraction of sp³-hybridized carbons (Fsp3) is 0.541. The molecule has 5 nitrogen and oxygen atoms in total. The number of aromatic hydroxyl groups is 2. The lowest BCUT2D eigenvalue weighted by Gasteiger charge is -2.70. The van der Waals surface area contributed by atoms with Gasteiger partial charge in [0.2, 0.25) is 0 Å². The topological polar surface area (TPSA) is 93.5 Å². The second-order valence-corrected chi connectivity index (χ2v) is 16.6. The first-order valence-corrected chi connectivity index (χ1v) is 16.7. The van der Waals surface area contributed by atoms with Crippen molar-refractivity contribution in [2.45, 2.75) is 97.8 Å². The highest BCUT2D eigenvalue weighted by Crippen LogP contribution is 2.75. The van der Waals surface area contributed by atoms with Crippen LogP contribution in [0.5, 0.6) is 11.5 Å². The lowest BCUT2D eigenvalue weighted by molar-refractivity contribution is -0.177. The molecule has 43 heavy (non-hydrogen) atoms. The van der Waals surface area contributed by atoms with Crippen molar-refractivity contribution in [3.05, 3.63) is 68.8 Å². The summed E-state index contributed by atoms with van der Waals surface area (Å²) in [5.74, 6) is -0.555. The Labute approximate surface area is 262 Å². The second kappa shape index (κ2) is 8.93. The molecule has 1 heterocycles. The number of H-pyrrole nitrogens is 1. The van der Waals surface area contributed by atoms with Crippen LogP contribution in [0.3, 0.4) is 0 Å². The zero-order valence-corrected chi connectivity index (χ0v) is 27.8. The highest BCUT2D eigenvalue weighted by Gasteiger charge is 2.67. The maximum Gasteiger partial charge on any atom is 0.309 e. The average molecular weight is 647 g/mol. The van der Waals surface area contributed by atoms with Gasteiger partial charge >= 0.3 is 5.97 Å². The number of rotatable bonds is 2. The normalized spacial score (nSPS) is 38.4. The van der Waals surface area contributed by atoms with Gasteiger partial charge in [0.15, 0.2) is 11.5 Å². The van der Waals surface area contributed by atoms with Crippen LogP contribution in [0.15, 0.2) is 46.6 Å². The highest BCUT2D eigenvalue weighted by atomic mass is 79.9. The monoisotopic (exact) mass is 645 g/mol. The number of fused-ring (bicyclic) bond motifs is 8. The molecule has 4 aliphatic carbocycles. The van der Waals surface area contributed by atoms with Gasteiger partial charge in [-0.15, -0.1) is 0 Å². The summed E-state index contributed by atoms with van der Waals surface area (Å²) in [4.78, 5) is 16.0. The molecule has 7 atom stereocenters. The minimum absolute atomic E-state index is 0.0410. The molecule has 7 rings (SSSR count). The Kier molecular flexibility index (Phi) is 6.02. The van der Waals surface area contributed by atoms with Crippen LogP contribution in [-0.2, 0) is 10.2 Å². The summed E-state index contributed by atoms with van der Waals surface area (Å²) in [7, 11) is 0. The van der Waals surface area contributed by atoms with Crippen molar-refractivity contribution in [3.8, 4) is 11.5 Å². The van der Waals surface area contributed by atoms with Gasteiger partial charge < -0.3 is 20.3 Å². The van der Waals surface area contributed by atoms with Gasteiger partial charge in [-0.05, 0) is 127 Å². The molecule has 2 aromatic carbocycles. The maximum atomic E-state index is 12.6. The number of nitrogens with one attached hydrogen (secondary N) is 1. The Morgan fingerprint density at radius 2 is 1.70 bits per heavy atom. The van der Waals surface area contributed by atoms with Crippen LogP contribution in [0.25, 0.3) is 10.9 Å². The summed E-state index contributed by atoms with van der Waals surface area (Å²) in [5, 5.41) is 33.5. The predicted octanol–water partition coefficient (Wildman–Crippen LogP) is 9.48. The largest absolute Gasteiger partial charge is 0.504 e. The Balaban J connectivity index is 1.47. The predicted molar refractivity (Wildman–Crippen MR) is 174 cm³/mol. The quantitative estimate of drug-likeness (QED) is 0.165. The zero-order chi connectivity index (χ0) is 30.9. The van der Waals surface area contributed by atoms with Crippen molar-refractivity contribution in [2.24, 2.45) is 27.6 Å². The van der Waals surface area contributed by atoms with Gasteiger partial charge in [0.25, 0.3) is 0 Å². The molecule has 4 aliphatic rings. The van der Waals surface area contributed by atoms with Gasteiger partial charge in [0.1, 0.15) is 0 Å². The number of aliphatic carboxylic acids is 1. The molecule has 4 N–H and O–H groups in total. The van der Waals surface area contributed by atoms with Crippen molar-refractivity contribution >= 4 is 32.8 Å². The minimum atomic E-state index is -0.694.